The lowest BCUT2D eigenvalue weighted by Crippen LogP contribution is -2.38. The molecule has 1 amide bonds. The number of hydrogen-bond acceptors (Lipinski definition) is 2. The van der Waals surface area contributed by atoms with Crippen LogP contribution in [0.15, 0.2) is 67.3 Å². The van der Waals surface area contributed by atoms with Crippen LogP contribution in [0.4, 0.5) is 0 Å². The molecule has 4 rings (SSSR count). The van der Waals surface area contributed by atoms with Gasteiger partial charge in [0, 0.05) is 23.7 Å². The Balaban J connectivity index is 1.64. The van der Waals surface area contributed by atoms with Crippen LogP contribution >= 0.6 is 11.6 Å². The molecule has 0 atom stereocenters. The number of halogens is 1. The molecule has 1 aliphatic rings. The molecule has 3 aromatic rings. The van der Waals surface area contributed by atoms with Crippen LogP contribution in [0.25, 0.3) is 17.1 Å². The van der Waals surface area contributed by atoms with Gasteiger partial charge in [-0.25, -0.2) is 4.98 Å². The van der Waals surface area contributed by atoms with Gasteiger partial charge in [0.05, 0.1) is 17.6 Å². The summed E-state index contributed by atoms with van der Waals surface area (Å²) in [6.45, 7) is 5.04. The first kappa shape index (κ1) is 20.4. The molecule has 1 fully saturated rings. The highest BCUT2D eigenvalue weighted by molar-refractivity contribution is 6.32. The average molecular weight is 420 g/mol. The molecular weight excluding hydrogens is 394 g/mol. The first-order valence-electron chi connectivity index (χ1n) is 10.5. The third-order valence-corrected chi connectivity index (χ3v) is 6.06. The van der Waals surface area contributed by atoms with Crippen LogP contribution in [-0.2, 0) is 17.9 Å². The summed E-state index contributed by atoms with van der Waals surface area (Å²) >= 11 is 6.25. The van der Waals surface area contributed by atoms with Gasteiger partial charge >= 0.3 is 0 Å². The fourth-order valence-corrected chi connectivity index (χ4v) is 4.40. The fraction of sp³-hybridized carbons (Fsp3) is 0.280. The van der Waals surface area contributed by atoms with Gasteiger partial charge in [0.1, 0.15) is 5.82 Å². The molecule has 0 radical (unpaired) electrons. The van der Waals surface area contributed by atoms with E-state index in [1.807, 2.05) is 53.4 Å². The Morgan fingerprint density at radius 2 is 1.90 bits per heavy atom. The minimum atomic E-state index is -0.000899. The first-order chi connectivity index (χ1) is 14.7. The van der Waals surface area contributed by atoms with Crippen molar-refractivity contribution in [3.05, 3.63) is 83.7 Å². The second-order valence-electron chi connectivity index (χ2n) is 7.68. The van der Waals surface area contributed by atoms with Gasteiger partial charge in [-0.1, -0.05) is 60.9 Å². The standard InChI is InChI=1S/C25H26ClN3O/c1-2-17-28-23-14-8-7-13-22(23)27-24(28)18-29(20-10-4-5-11-20)25(30)16-15-19-9-3-6-12-21(19)26/h2-3,6-9,12-16,20H,1,4-5,10-11,17-18H2/b16-15+. The molecule has 0 unspecified atom stereocenters. The summed E-state index contributed by atoms with van der Waals surface area (Å²) in [5, 5.41) is 0.641. The van der Waals surface area contributed by atoms with Gasteiger partial charge in [0.25, 0.3) is 0 Å². The number of para-hydroxylation sites is 2. The summed E-state index contributed by atoms with van der Waals surface area (Å²) in [5.41, 5.74) is 2.86. The normalized spacial score (nSPS) is 14.6. The molecule has 0 bridgehead atoms. The van der Waals surface area contributed by atoms with Crippen LogP contribution in [0.3, 0.4) is 0 Å². The van der Waals surface area contributed by atoms with Gasteiger partial charge in [-0.15, -0.1) is 6.58 Å². The van der Waals surface area contributed by atoms with Crippen molar-refractivity contribution in [3.63, 3.8) is 0 Å². The minimum absolute atomic E-state index is 0.000899. The third-order valence-electron chi connectivity index (χ3n) is 5.72. The SMILES string of the molecule is C=CCn1c(CN(C(=O)/C=C/c2ccccc2Cl)C2CCCC2)nc2ccccc21. The van der Waals surface area contributed by atoms with Crippen LogP contribution in [0.1, 0.15) is 37.1 Å². The Bertz CT molecular complexity index is 1080. The van der Waals surface area contributed by atoms with Gasteiger partial charge in [0.15, 0.2) is 0 Å². The molecule has 154 valence electrons. The summed E-state index contributed by atoms with van der Waals surface area (Å²) < 4.78 is 2.15. The molecule has 0 spiro atoms. The zero-order valence-corrected chi connectivity index (χ0v) is 17.8. The molecule has 2 aromatic carbocycles. The number of carbonyl (C=O) groups is 1. The van der Waals surface area contributed by atoms with Crippen molar-refractivity contribution in [2.75, 3.05) is 0 Å². The van der Waals surface area contributed by atoms with E-state index in [0.29, 0.717) is 18.1 Å². The molecule has 0 N–H and O–H groups in total. The smallest absolute Gasteiger partial charge is 0.247 e. The van der Waals surface area contributed by atoms with Gasteiger partial charge in [0.2, 0.25) is 5.91 Å². The summed E-state index contributed by atoms with van der Waals surface area (Å²) in [6.07, 6.45) is 9.70. The lowest BCUT2D eigenvalue weighted by molar-refractivity contribution is -0.128. The number of amides is 1. The molecule has 1 aromatic heterocycles. The van der Waals surface area contributed by atoms with Crippen molar-refractivity contribution in [3.8, 4) is 0 Å². The monoisotopic (exact) mass is 419 g/mol. The van der Waals surface area contributed by atoms with Gasteiger partial charge in [-0.05, 0) is 42.7 Å². The van der Waals surface area contributed by atoms with E-state index in [2.05, 4.69) is 17.2 Å². The average Bonchev–Trinajstić information content (AvgIpc) is 3.40. The largest absolute Gasteiger partial charge is 0.329 e. The molecule has 30 heavy (non-hydrogen) atoms. The van der Waals surface area contributed by atoms with Crippen LogP contribution in [0.2, 0.25) is 5.02 Å². The predicted molar refractivity (Wildman–Crippen MR) is 123 cm³/mol. The predicted octanol–water partition coefficient (Wildman–Crippen LogP) is 5.86. The van der Waals surface area contributed by atoms with Gasteiger partial charge in [-0.2, -0.15) is 0 Å². The molecule has 1 saturated carbocycles. The molecule has 1 aliphatic carbocycles. The molecule has 5 heteroatoms. The van der Waals surface area contributed by atoms with Crippen molar-refractivity contribution in [2.45, 2.75) is 44.8 Å². The van der Waals surface area contributed by atoms with E-state index in [-0.39, 0.29) is 11.9 Å². The topological polar surface area (TPSA) is 38.1 Å². The first-order valence-corrected chi connectivity index (χ1v) is 10.8. The fourth-order valence-electron chi connectivity index (χ4n) is 4.20. The number of nitrogens with zero attached hydrogens (tertiary/aromatic N) is 3. The number of allylic oxidation sites excluding steroid dienone is 1. The van der Waals surface area contributed by atoms with Crippen LogP contribution in [0.5, 0.6) is 0 Å². The Hall–Kier alpha value is -2.85. The highest BCUT2D eigenvalue weighted by Crippen LogP contribution is 2.27. The molecule has 4 nitrogen and oxygen atoms in total. The number of hydrogen-bond donors (Lipinski definition) is 0. The van der Waals surface area contributed by atoms with Crippen LogP contribution in [0, 0.1) is 0 Å². The van der Waals surface area contributed by atoms with E-state index in [0.717, 1.165) is 48.1 Å². The quantitative estimate of drug-likeness (QED) is 0.355. The van der Waals surface area contributed by atoms with E-state index in [1.54, 1.807) is 12.2 Å². The third kappa shape index (κ3) is 4.34. The van der Waals surface area contributed by atoms with Crippen molar-refractivity contribution in [1.82, 2.24) is 14.5 Å². The van der Waals surface area contributed by atoms with E-state index in [9.17, 15) is 4.79 Å². The molecule has 0 aliphatic heterocycles. The van der Waals surface area contributed by atoms with E-state index >= 15 is 0 Å². The summed E-state index contributed by atoms with van der Waals surface area (Å²) in [4.78, 5) is 20.0. The van der Waals surface area contributed by atoms with Gasteiger partial charge < -0.3 is 9.47 Å². The minimum Gasteiger partial charge on any atom is -0.329 e. The number of imidazole rings is 1. The second kappa shape index (κ2) is 9.31. The highest BCUT2D eigenvalue weighted by atomic mass is 35.5. The highest BCUT2D eigenvalue weighted by Gasteiger charge is 2.27. The Morgan fingerprint density at radius 3 is 2.67 bits per heavy atom. The van der Waals surface area contributed by atoms with E-state index in [1.165, 1.54) is 0 Å². The van der Waals surface area contributed by atoms with Crippen molar-refractivity contribution in [1.29, 1.82) is 0 Å². The number of fused-ring (bicyclic) bond motifs is 1. The molecular formula is C25H26ClN3O. The van der Waals surface area contributed by atoms with Gasteiger partial charge in [-0.3, -0.25) is 4.79 Å². The molecule has 1 heterocycles. The summed E-state index contributed by atoms with van der Waals surface area (Å²) in [7, 11) is 0. The lowest BCUT2D eigenvalue weighted by atomic mass is 10.1. The number of carbonyl (C=O) groups excluding carboxylic acids is 1. The molecule has 0 saturated heterocycles. The Labute approximate surface area is 182 Å². The maximum atomic E-state index is 13.2. The number of benzene rings is 2. The zero-order chi connectivity index (χ0) is 20.9. The van der Waals surface area contributed by atoms with E-state index in [4.69, 9.17) is 16.6 Å². The van der Waals surface area contributed by atoms with Crippen molar-refractivity contribution < 1.29 is 4.79 Å². The summed E-state index contributed by atoms with van der Waals surface area (Å²) in [6, 6.07) is 15.9. The Kier molecular flexibility index (Phi) is 6.34. The van der Waals surface area contributed by atoms with E-state index < -0.39 is 0 Å². The van der Waals surface area contributed by atoms with Crippen LogP contribution in [-0.4, -0.2) is 26.4 Å². The van der Waals surface area contributed by atoms with Crippen LogP contribution < -0.4 is 0 Å². The number of aromatic nitrogens is 2. The Morgan fingerprint density at radius 1 is 1.17 bits per heavy atom. The maximum absolute atomic E-state index is 13.2. The second-order valence-corrected chi connectivity index (χ2v) is 8.08. The maximum Gasteiger partial charge on any atom is 0.247 e. The van der Waals surface area contributed by atoms with Crippen molar-refractivity contribution >= 4 is 34.6 Å². The summed E-state index contributed by atoms with van der Waals surface area (Å²) in [5.74, 6) is 0.890. The zero-order valence-electron chi connectivity index (χ0n) is 17.0. The lowest BCUT2D eigenvalue weighted by Gasteiger charge is -2.28. The number of rotatable bonds is 7. The van der Waals surface area contributed by atoms with Crippen molar-refractivity contribution in [2.24, 2.45) is 0 Å².